The van der Waals surface area contributed by atoms with Crippen molar-refractivity contribution in [3.05, 3.63) is 13.2 Å². The molecule has 0 atom stereocenters. The van der Waals surface area contributed by atoms with Crippen molar-refractivity contribution in [1.82, 2.24) is 36.8 Å². The van der Waals surface area contributed by atoms with Crippen molar-refractivity contribution in [2.75, 3.05) is 114 Å². The predicted molar refractivity (Wildman–Crippen MR) is 267 cm³/mol. The van der Waals surface area contributed by atoms with Gasteiger partial charge in [-0.05, 0) is 57.8 Å². The van der Waals surface area contributed by atoms with Crippen LogP contribution in [0.5, 0.6) is 0 Å². The Balaban J connectivity index is -0.000000633. The van der Waals surface area contributed by atoms with E-state index in [-0.39, 0.29) is 167 Å². The molecule has 0 rings (SSSR count). The molecule has 0 aromatic heterocycles. The molecule has 0 fully saturated rings. The maximum absolute atomic E-state index is 12.5. The van der Waals surface area contributed by atoms with Crippen LogP contribution in [0.1, 0.15) is 116 Å². The van der Waals surface area contributed by atoms with Crippen LogP contribution in [0, 0.1) is 12.8 Å². The van der Waals surface area contributed by atoms with Crippen LogP contribution in [0.2, 0.25) is 0 Å². The topological polar surface area (TPSA) is 359 Å². The SMILES string of the molecule is CNC(=O)CCCCCNC(=O)CN(CC(=O)CCCCCCC(N)=O)CC(=O)NCCCCCC([NH-])=O.CNC(=O)CCOCC(CCOCC(N)=O)(CCOCC(=O)NC)COCCC(=O)NC.[CH3-].[W+2]. The molecule has 9 amide bonds. The minimum absolute atomic E-state index is 0. The molecule has 0 aliphatic rings. The second-order valence-electron chi connectivity index (χ2n) is 16.7. The van der Waals surface area contributed by atoms with Gasteiger partial charge in [0.1, 0.15) is 19.0 Å². The van der Waals surface area contributed by atoms with E-state index in [1.54, 1.807) is 21.1 Å². The number of carbonyl (C=O) groups excluding carboxylic acids is 10. The van der Waals surface area contributed by atoms with E-state index in [9.17, 15) is 47.9 Å². The van der Waals surface area contributed by atoms with Crippen LogP contribution in [-0.4, -0.2) is 178 Å². The third kappa shape index (κ3) is 49.0. The first-order valence-corrected chi connectivity index (χ1v) is 24.1. The second kappa shape index (κ2) is 49.9. The number of nitrogens with one attached hydrogen (secondary N) is 7. The summed E-state index contributed by atoms with van der Waals surface area (Å²) in [6.07, 6.45) is 9.87. The molecule has 0 saturated heterocycles. The number of unbranched alkanes of at least 4 members (excludes halogenated alkanes) is 7. The van der Waals surface area contributed by atoms with Crippen LogP contribution in [0.3, 0.4) is 0 Å². The van der Waals surface area contributed by atoms with E-state index in [1.165, 1.54) is 11.9 Å². The molecule has 11 N–H and O–H groups in total. The molecule has 0 aliphatic heterocycles. The minimum Gasteiger partial charge on any atom is -0.668 e. The van der Waals surface area contributed by atoms with E-state index in [0.29, 0.717) is 70.9 Å². The summed E-state index contributed by atoms with van der Waals surface area (Å²) in [4.78, 5) is 117. The summed E-state index contributed by atoms with van der Waals surface area (Å²) in [5.74, 6) is -2.67. The Hall–Kier alpha value is -4.61. The van der Waals surface area contributed by atoms with Crippen LogP contribution in [0.15, 0.2) is 0 Å². The van der Waals surface area contributed by atoms with Crippen molar-refractivity contribution in [1.29, 1.82) is 0 Å². The number of amides is 9. The number of nitrogens with zero attached hydrogens (tertiary/aromatic N) is 1. The van der Waals surface area contributed by atoms with E-state index in [2.05, 4.69) is 31.9 Å². The van der Waals surface area contributed by atoms with E-state index in [1.807, 2.05) is 0 Å². The summed E-state index contributed by atoms with van der Waals surface area (Å²) in [6.45, 7) is 1.74. The molecule has 0 aliphatic carbocycles. The van der Waals surface area contributed by atoms with Gasteiger partial charge in [0, 0.05) is 97.9 Å². The van der Waals surface area contributed by atoms with Crippen molar-refractivity contribution in [3.63, 3.8) is 0 Å². The van der Waals surface area contributed by atoms with Gasteiger partial charge in [0.25, 0.3) is 0 Å². The standard InChI is InChI=1S/C26H48N6O6.C20H38N4O8.CH3.W/c1-29-24(36)15-9-5-11-17-31-26(38)20-32(18-21(33)12-6-2-3-7-13-22(27)34)19-25(37)30-16-10-4-8-14-23(28)35;1-22-17(26)4-8-31-14-20(6-10-29-12-16(21)25,7-11-30-13-19(28)24-3)15-32-9-5-18(27)23-2;;/h2-20H2,1H3,(H7,27,28,29,30,31,34,35,36,37,38);4-15H2,1-3H3,(H2,21,25)(H,22,26)(H,23,27)(H,24,28);1H3;/q;;-1;+2/p-1. The number of hydrogen-bond acceptors (Lipinski definition) is 15. The van der Waals surface area contributed by atoms with Crippen molar-refractivity contribution in [2.24, 2.45) is 16.9 Å². The average molecular weight is 1200 g/mol. The minimum atomic E-state index is -0.595. The van der Waals surface area contributed by atoms with E-state index < -0.39 is 17.2 Å². The zero-order valence-corrected chi connectivity index (χ0v) is 46.6. The van der Waals surface area contributed by atoms with Crippen molar-refractivity contribution < 1.29 is 88.0 Å². The zero-order chi connectivity index (χ0) is 52.8. The largest absolute Gasteiger partial charge is 2.00 e. The number of carbonyl (C=O) groups is 10. The first kappa shape index (κ1) is 73.9. The van der Waals surface area contributed by atoms with Crippen molar-refractivity contribution in [2.45, 2.75) is 116 Å². The predicted octanol–water partition coefficient (Wildman–Crippen LogP) is 0.132. The number of rotatable bonds is 45. The Bertz CT molecular complexity index is 1450. The molecule has 0 radical (unpaired) electrons. The van der Waals surface area contributed by atoms with Gasteiger partial charge in [-0.15, -0.1) is 0 Å². The Morgan fingerprint density at radius 2 is 0.875 bits per heavy atom. The molecule has 416 valence electrons. The number of ketones is 1. The molecule has 0 unspecified atom stereocenters. The fraction of sp³-hybridized carbons (Fsp3) is 0.766. The van der Waals surface area contributed by atoms with E-state index in [4.69, 9.17) is 36.1 Å². The normalized spacial score (nSPS) is 10.6. The van der Waals surface area contributed by atoms with Gasteiger partial charge in [-0.2, -0.15) is 0 Å². The van der Waals surface area contributed by atoms with Crippen LogP contribution >= 0.6 is 0 Å². The number of ether oxygens (including phenoxy) is 4. The number of primary amides is 2. The Morgan fingerprint density at radius 1 is 0.458 bits per heavy atom. The van der Waals surface area contributed by atoms with Crippen LogP contribution in [-0.2, 0) is 88.0 Å². The van der Waals surface area contributed by atoms with E-state index >= 15 is 0 Å². The molecular formula is C47H88N10O14W. The molecule has 72 heavy (non-hydrogen) atoms. The Labute approximate surface area is 441 Å². The van der Waals surface area contributed by atoms with Crippen molar-refractivity contribution >= 4 is 58.9 Å². The molecule has 0 spiro atoms. The van der Waals surface area contributed by atoms with Gasteiger partial charge in [0.05, 0.1) is 46.1 Å². The summed E-state index contributed by atoms with van der Waals surface area (Å²) in [6, 6.07) is 0. The molecule has 0 saturated carbocycles. The molecule has 0 aromatic carbocycles. The summed E-state index contributed by atoms with van der Waals surface area (Å²) in [5.41, 5.74) is 16.5. The summed E-state index contributed by atoms with van der Waals surface area (Å²) in [7, 11) is 6.21. The van der Waals surface area contributed by atoms with Gasteiger partial charge in [0.2, 0.25) is 47.3 Å². The molecule has 24 nitrogen and oxygen atoms in total. The summed E-state index contributed by atoms with van der Waals surface area (Å²) in [5, 5.41) is 15.7. The molecular weight excluding hydrogens is 1110 g/mol. The van der Waals surface area contributed by atoms with Crippen molar-refractivity contribution in [3.8, 4) is 0 Å². The third-order valence-corrected chi connectivity index (χ3v) is 10.5. The molecule has 0 aromatic rings. The van der Waals surface area contributed by atoms with Gasteiger partial charge >= 0.3 is 21.1 Å². The quantitative estimate of drug-likeness (QED) is 0.0297. The number of hydrogen-bond donors (Lipinski definition) is 8. The molecule has 25 heteroatoms. The third-order valence-electron chi connectivity index (χ3n) is 10.5. The van der Waals surface area contributed by atoms with Gasteiger partial charge < -0.3 is 80.3 Å². The first-order valence-electron chi connectivity index (χ1n) is 24.1. The van der Waals surface area contributed by atoms with Gasteiger partial charge in [-0.3, -0.25) is 48.1 Å². The maximum Gasteiger partial charge on any atom is 2.00 e. The van der Waals surface area contributed by atoms with Gasteiger partial charge in [0.15, 0.2) is 0 Å². The smallest absolute Gasteiger partial charge is 0.668 e. The summed E-state index contributed by atoms with van der Waals surface area (Å²) >= 11 is 0. The van der Waals surface area contributed by atoms with Crippen LogP contribution < -0.4 is 43.4 Å². The fourth-order valence-electron chi connectivity index (χ4n) is 6.34. The van der Waals surface area contributed by atoms with Gasteiger partial charge in [-0.1, -0.05) is 25.7 Å². The summed E-state index contributed by atoms with van der Waals surface area (Å²) < 4.78 is 22.3. The Kier molecular flexibility index (Phi) is 51.3. The Morgan fingerprint density at radius 3 is 1.32 bits per heavy atom. The second-order valence-corrected chi connectivity index (χ2v) is 16.7. The monoisotopic (exact) mass is 1200 g/mol. The maximum atomic E-state index is 12.5. The molecule has 0 heterocycles. The molecule has 0 bridgehead atoms. The number of likely N-dealkylation sites (N-methyl/N-ethyl adjacent to an activating group) is 1. The van der Waals surface area contributed by atoms with Crippen LogP contribution in [0.25, 0.3) is 5.73 Å². The number of nitrogens with two attached hydrogens (primary N) is 2. The van der Waals surface area contributed by atoms with E-state index in [0.717, 1.165) is 38.5 Å². The number of Topliss-reactive ketones (excluding diaryl/α,β-unsaturated/α-hetero) is 1. The average Bonchev–Trinajstić information content (AvgIpc) is 3.32. The first-order chi connectivity index (χ1) is 33.4. The van der Waals surface area contributed by atoms with Crippen LogP contribution in [0.4, 0.5) is 0 Å². The zero-order valence-electron chi connectivity index (χ0n) is 43.6. The van der Waals surface area contributed by atoms with Gasteiger partial charge in [-0.25, -0.2) is 0 Å². The fourth-order valence-corrected chi connectivity index (χ4v) is 6.34.